The van der Waals surface area contributed by atoms with Gasteiger partial charge in [-0.1, -0.05) is 12.1 Å². The number of rotatable bonds is 5. The lowest BCUT2D eigenvalue weighted by molar-refractivity contribution is 0.104. The normalized spacial score (nSPS) is 21.8. The summed E-state index contributed by atoms with van der Waals surface area (Å²) in [4.78, 5) is 5.13. The maximum Gasteiger partial charge on any atom is 0.115 e. The summed E-state index contributed by atoms with van der Waals surface area (Å²) in [5, 5.41) is 13.2. The van der Waals surface area contributed by atoms with Crippen LogP contribution in [0.25, 0.3) is 0 Å². The lowest BCUT2D eigenvalue weighted by Gasteiger charge is -2.39. The SMILES string of the molecule is CN1CCC(CN(Cc2cccc(O)c2)C2CCNCC2)CC1. The summed E-state index contributed by atoms with van der Waals surface area (Å²) in [6.45, 7) is 6.90. The maximum absolute atomic E-state index is 9.75. The Morgan fingerprint density at radius 2 is 1.91 bits per heavy atom. The summed E-state index contributed by atoms with van der Waals surface area (Å²) in [6, 6.07) is 8.46. The molecule has 0 aliphatic carbocycles. The van der Waals surface area contributed by atoms with Gasteiger partial charge in [-0.2, -0.15) is 0 Å². The molecule has 128 valence electrons. The molecular weight excluding hydrogens is 286 g/mol. The molecule has 4 heteroatoms. The molecule has 2 aliphatic heterocycles. The van der Waals surface area contributed by atoms with Gasteiger partial charge in [0.25, 0.3) is 0 Å². The third-order valence-electron chi connectivity index (χ3n) is 5.45. The minimum Gasteiger partial charge on any atom is -0.508 e. The molecule has 0 aromatic heterocycles. The predicted octanol–water partition coefficient (Wildman–Crippen LogP) is 2.29. The fraction of sp³-hybridized carbons (Fsp3) is 0.684. The lowest BCUT2D eigenvalue weighted by Crippen LogP contribution is -2.46. The third kappa shape index (κ3) is 4.93. The van der Waals surface area contributed by atoms with Gasteiger partial charge in [-0.25, -0.2) is 0 Å². The van der Waals surface area contributed by atoms with Crippen molar-refractivity contribution in [2.75, 3.05) is 39.8 Å². The number of benzene rings is 1. The summed E-state index contributed by atoms with van der Waals surface area (Å²) in [5.41, 5.74) is 1.23. The minimum absolute atomic E-state index is 0.382. The van der Waals surface area contributed by atoms with Crippen molar-refractivity contribution < 1.29 is 5.11 Å². The van der Waals surface area contributed by atoms with Gasteiger partial charge >= 0.3 is 0 Å². The molecule has 0 unspecified atom stereocenters. The van der Waals surface area contributed by atoms with E-state index >= 15 is 0 Å². The van der Waals surface area contributed by atoms with Crippen molar-refractivity contribution in [2.45, 2.75) is 38.3 Å². The van der Waals surface area contributed by atoms with Crippen molar-refractivity contribution in [3.8, 4) is 5.75 Å². The Balaban J connectivity index is 1.65. The Morgan fingerprint density at radius 3 is 2.61 bits per heavy atom. The van der Waals surface area contributed by atoms with Gasteiger partial charge in [0, 0.05) is 19.1 Å². The molecule has 1 aromatic carbocycles. The Hall–Kier alpha value is -1.10. The molecule has 2 N–H and O–H groups in total. The van der Waals surface area contributed by atoms with Crippen LogP contribution in [0, 0.1) is 5.92 Å². The second kappa shape index (κ2) is 8.13. The number of phenols is 1. The van der Waals surface area contributed by atoms with Gasteiger partial charge < -0.3 is 15.3 Å². The number of hydrogen-bond donors (Lipinski definition) is 2. The van der Waals surface area contributed by atoms with Crippen molar-refractivity contribution in [3.63, 3.8) is 0 Å². The summed E-state index contributed by atoms with van der Waals surface area (Å²) in [6.07, 6.45) is 5.12. The average Bonchev–Trinajstić information content (AvgIpc) is 2.57. The van der Waals surface area contributed by atoms with Gasteiger partial charge in [0.1, 0.15) is 5.75 Å². The van der Waals surface area contributed by atoms with Gasteiger partial charge in [-0.3, -0.25) is 4.90 Å². The number of nitrogens with one attached hydrogen (secondary N) is 1. The number of hydrogen-bond acceptors (Lipinski definition) is 4. The molecule has 2 fully saturated rings. The molecular formula is C19H31N3O. The Labute approximate surface area is 140 Å². The van der Waals surface area contributed by atoms with Crippen LogP contribution < -0.4 is 5.32 Å². The number of likely N-dealkylation sites (tertiary alicyclic amines) is 1. The van der Waals surface area contributed by atoms with E-state index in [1.54, 1.807) is 6.07 Å². The van der Waals surface area contributed by atoms with Crippen molar-refractivity contribution >= 4 is 0 Å². The lowest BCUT2D eigenvalue weighted by atomic mass is 9.94. The molecule has 0 saturated carbocycles. The van der Waals surface area contributed by atoms with E-state index in [1.807, 2.05) is 12.1 Å². The standard InChI is InChI=1S/C19H31N3O/c1-21-11-7-16(8-12-21)14-22(18-5-9-20-10-6-18)15-17-3-2-4-19(23)13-17/h2-4,13,16,18,20,23H,5-12,14-15H2,1H3. The zero-order valence-electron chi connectivity index (χ0n) is 14.4. The molecule has 0 amide bonds. The van der Waals surface area contributed by atoms with Crippen molar-refractivity contribution in [1.29, 1.82) is 0 Å². The summed E-state index contributed by atoms with van der Waals surface area (Å²) in [5.74, 6) is 1.20. The number of phenolic OH excluding ortho intramolecular Hbond substituents is 1. The van der Waals surface area contributed by atoms with Crippen LogP contribution in [0.15, 0.2) is 24.3 Å². The van der Waals surface area contributed by atoms with E-state index in [0.29, 0.717) is 11.8 Å². The van der Waals surface area contributed by atoms with Gasteiger partial charge in [0.2, 0.25) is 0 Å². The highest BCUT2D eigenvalue weighted by molar-refractivity contribution is 5.27. The van der Waals surface area contributed by atoms with Crippen LogP contribution in [0.4, 0.5) is 0 Å². The second-order valence-corrected chi connectivity index (χ2v) is 7.33. The molecule has 0 radical (unpaired) electrons. The van der Waals surface area contributed by atoms with Crippen LogP contribution in [0.5, 0.6) is 5.75 Å². The highest BCUT2D eigenvalue weighted by Crippen LogP contribution is 2.23. The van der Waals surface area contributed by atoms with Crippen LogP contribution in [0.1, 0.15) is 31.2 Å². The summed E-state index contributed by atoms with van der Waals surface area (Å²) < 4.78 is 0. The quantitative estimate of drug-likeness (QED) is 0.874. The number of nitrogens with zero attached hydrogens (tertiary/aromatic N) is 2. The zero-order valence-corrected chi connectivity index (χ0v) is 14.4. The van der Waals surface area contributed by atoms with Crippen LogP contribution in [0.2, 0.25) is 0 Å². The van der Waals surface area contributed by atoms with E-state index in [1.165, 1.54) is 50.9 Å². The van der Waals surface area contributed by atoms with Crippen molar-refractivity contribution in [1.82, 2.24) is 15.1 Å². The Morgan fingerprint density at radius 1 is 1.17 bits per heavy atom. The van der Waals surface area contributed by atoms with E-state index in [-0.39, 0.29) is 0 Å². The number of aromatic hydroxyl groups is 1. The Kier molecular flexibility index (Phi) is 5.92. The molecule has 0 spiro atoms. The van der Waals surface area contributed by atoms with Crippen molar-refractivity contribution in [2.24, 2.45) is 5.92 Å². The molecule has 0 atom stereocenters. The van der Waals surface area contributed by atoms with E-state index < -0.39 is 0 Å². The fourth-order valence-corrected chi connectivity index (χ4v) is 3.98. The number of piperidine rings is 2. The summed E-state index contributed by atoms with van der Waals surface area (Å²) in [7, 11) is 2.23. The first kappa shape index (κ1) is 16.7. The van der Waals surface area contributed by atoms with Crippen LogP contribution >= 0.6 is 0 Å². The smallest absolute Gasteiger partial charge is 0.115 e. The monoisotopic (exact) mass is 317 g/mol. The van der Waals surface area contributed by atoms with Gasteiger partial charge in [-0.15, -0.1) is 0 Å². The minimum atomic E-state index is 0.382. The first-order chi connectivity index (χ1) is 11.2. The first-order valence-electron chi connectivity index (χ1n) is 9.12. The third-order valence-corrected chi connectivity index (χ3v) is 5.45. The maximum atomic E-state index is 9.75. The average molecular weight is 317 g/mol. The fourth-order valence-electron chi connectivity index (χ4n) is 3.98. The van der Waals surface area contributed by atoms with Gasteiger partial charge in [0.05, 0.1) is 0 Å². The molecule has 2 aliphatic rings. The highest BCUT2D eigenvalue weighted by Gasteiger charge is 2.25. The van der Waals surface area contributed by atoms with Crippen LogP contribution in [-0.2, 0) is 6.54 Å². The predicted molar refractivity (Wildman–Crippen MR) is 94.6 cm³/mol. The molecule has 3 rings (SSSR count). The summed E-state index contributed by atoms with van der Waals surface area (Å²) >= 11 is 0. The molecule has 1 aromatic rings. The molecule has 23 heavy (non-hydrogen) atoms. The topological polar surface area (TPSA) is 38.7 Å². The first-order valence-corrected chi connectivity index (χ1v) is 9.12. The highest BCUT2D eigenvalue weighted by atomic mass is 16.3. The zero-order chi connectivity index (χ0) is 16.1. The van der Waals surface area contributed by atoms with Gasteiger partial charge in [-0.05, 0) is 82.5 Å². The van der Waals surface area contributed by atoms with E-state index in [2.05, 4.69) is 28.2 Å². The van der Waals surface area contributed by atoms with Gasteiger partial charge in [0.15, 0.2) is 0 Å². The molecule has 4 nitrogen and oxygen atoms in total. The second-order valence-electron chi connectivity index (χ2n) is 7.33. The molecule has 2 heterocycles. The molecule has 0 bridgehead atoms. The largest absolute Gasteiger partial charge is 0.508 e. The van der Waals surface area contributed by atoms with E-state index in [9.17, 15) is 5.11 Å². The Bertz CT molecular complexity index is 479. The molecule has 2 saturated heterocycles. The van der Waals surface area contributed by atoms with Crippen LogP contribution in [0.3, 0.4) is 0 Å². The van der Waals surface area contributed by atoms with Crippen molar-refractivity contribution in [3.05, 3.63) is 29.8 Å². The van der Waals surface area contributed by atoms with Crippen LogP contribution in [-0.4, -0.2) is 60.7 Å². The van der Waals surface area contributed by atoms with E-state index in [4.69, 9.17) is 0 Å². The van der Waals surface area contributed by atoms with E-state index in [0.717, 1.165) is 25.6 Å².